The molecule has 20 heavy (non-hydrogen) atoms. The summed E-state index contributed by atoms with van der Waals surface area (Å²) in [7, 11) is 0. The lowest BCUT2D eigenvalue weighted by Crippen LogP contribution is -2.37. The molecule has 0 aliphatic heterocycles. The summed E-state index contributed by atoms with van der Waals surface area (Å²) >= 11 is 0. The smallest absolute Gasteiger partial charge is 0.336 e. The fourth-order valence-electron chi connectivity index (χ4n) is 2.08. The molecule has 0 unspecified atom stereocenters. The van der Waals surface area contributed by atoms with Gasteiger partial charge in [-0.1, -0.05) is 6.92 Å². The second-order valence-electron chi connectivity index (χ2n) is 4.66. The van der Waals surface area contributed by atoms with Crippen LogP contribution in [0.2, 0.25) is 0 Å². The number of aryl methyl sites for hydroxylation is 2. The van der Waals surface area contributed by atoms with Crippen molar-refractivity contribution in [3.63, 3.8) is 0 Å². The first-order chi connectivity index (χ1) is 9.42. The predicted octanol–water partition coefficient (Wildman–Crippen LogP) is 1.18. The quantitative estimate of drug-likeness (QED) is 0.783. The molecule has 1 aromatic heterocycles. The molecule has 2 aromatic rings. The van der Waals surface area contributed by atoms with Gasteiger partial charge >= 0.3 is 5.63 Å². The molecule has 5 nitrogen and oxygen atoms in total. The molecule has 2 rings (SSSR count). The van der Waals surface area contributed by atoms with Gasteiger partial charge in [-0.2, -0.15) is 0 Å². The molecule has 0 spiro atoms. The molecule has 0 aliphatic rings. The van der Waals surface area contributed by atoms with Gasteiger partial charge in [0, 0.05) is 6.07 Å². The van der Waals surface area contributed by atoms with E-state index in [0.29, 0.717) is 23.1 Å². The normalized spacial score (nSPS) is 12.3. The van der Waals surface area contributed by atoms with Gasteiger partial charge in [-0.3, -0.25) is 0 Å². The molecular formula is C15H15O5-. The van der Waals surface area contributed by atoms with Gasteiger partial charge in [0.15, 0.2) is 0 Å². The number of hydrogen-bond donors (Lipinski definition) is 0. The number of benzene rings is 1. The maximum atomic E-state index is 11.5. The fourth-order valence-corrected chi connectivity index (χ4v) is 2.08. The molecule has 106 valence electrons. The summed E-state index contributed by atoms with van der Waals surface area (Å²) in [6.07, 6.45) is -0.474. The van der Waals surface area contributed by atoms with Crippen molar-refractivity contribution in [1.29, 1.82) is 0 Å². The number of fused-ring (bicyclic) bond motifs is 1. The van der Waals surface area contributed by atoms with Crippen LogP contribution in [0.4, 0.5) is 0 Å². The standard InChI is InChI=1S/C15H16O5/c1-4-10-7-13(16)20-12-6-8(2)5-11(14(10)12)19-9(3)15(17)18/h5-7,9H,4H2,1-3H3,(H,17,18)/p-1/t9-/m1/s1. The summed E-state index contributed by atoms with van der Waals surface area (Å²) in [5.74, 6) is -0.910. The Morgan fingerprint density at radius 1 is 1.40 bits per heavy atom. The molecule has 0 bridgehead atoms. The number of hydrogen-bond acceptors (Lipinski definition) is 5. The lowest BCUT2D eigenvalue weighted by Gasteiger charge is -2.18. The Kier molecular flexibility index (Phi) is 3.79. The second-order valence-corrected chi connectivity index (χ2v) is 4.66. The van der Waals surface area contributed by atoms with Gasteiger partial charge in [0.1, 0.15) is 17.4 Å². The third kappa shape index (κ3) is 2.66. The number of carboxylic acids is 1. The molecule has 0 aliphatic carbocycles. The largest absolute Gasteiger partial charge is 0.546 e. The number of carboxylic acid groups (broad SMARTS) is 1. The summed E-state index contributed by atoms with van der Waals surface area (Å²) in [5.41, 5.74) is 1.54. The van der Waals surface area contributed by atoms with Crippen molar-refractivity contribution >= 4 is 16.9 Å². The highest BCUT2D eigenvalue weighted by atomic mass is 16.5. The lowest BCUT2D eigenvalue weighted by atomic mass is 10.0. The average Bonchev–Trinajstić information content (AvgIpc) is 2.36. The predicted molar refractivity (Wildman–Crippen MR) is 71.7 cm³/mol. The third-order valence-corrected chi connectivity index (χ3v) is 3.05. The van der Waals surface area contributed by atoms with E-state index < -0.39 is 17.7 Å². The van der Waals surface area contributed by atoms with Crippen molar-refractivity contribution in [3.05, 3.63) is 39.7 Å². The summed E-state index contributed by atoms with van der Waals surface area (Å²) in [5, 5.41) is 11.5. The molecule has 0 saturated carbocycles. The van der Waals surface area contributed by atoms with Crippen molar-refractivity contribution in [2.75, 3.05) is 0 Å². The third-order valence-electron chi connectivity index (χ3n) is 3.05. The Labute approximate surface area is 115 Å². The number of carbonyl (C=O) groups excluding carboxylic acids is 1. The highest BCUT2D eigenvalue weighted by molar-refractivity contribution is 5.88. The summed E-state index contributed by atoms with van der Waals surface area (Å²) in [4.78, 5) is 22.3. The second kappa shape index (κ2) is 5.36. The van der Waals surface area contributed by atoms with Crippen molar-refractivity contribution in [3.8, 4) is 5.75 Å². The minimum absolute atomic E-state index is 0.386. The van der Waals surface area contributed by atoms with Crippen molar-refractivity contribution in [2.24, 2.45) is 0 Å². The molecule has 1 aromatic carbocycles. The van der Waals surface area contributed by atoms with Crippen molar-refractivity contribution in [1.82, 2.24) is 0 Å². The van der Waals surface area contributed by atoms with E-state index in [1.807, 2.05) is 13.8 Å². The first kappa shape index (κ1) is 14.1. The molecule has 0 amide bonds. The van der Waals surface area contributed by atoms with E-state index in [2.05, 4.69) is 0 Å². The van der Waals surface area contributed by atoms with E-state index >= 15 is 0 Å². The maximum Gasteiger partial charge on any atom is 0.336 e. The molecule has 0 fully saturated rings. The van der Waals surface area contributed by atoms with Crippen molar-refractivity contribution < 1.29 is 19.1 Å². The molecule has 5 heteroatoms. The van der Waals surface area contributed by atoms with Crippen LogP contribution in [0, 0.1) is 6.92 Å². The molecular weight excluding hydrogens is 260 g/mol. The van der Waals surface area contributed by atoms with Crippen LogP contribution in [-0.4, -0.2) is 12.1 Å². The summed E-state index contributed by atoms with van der Waals surface area (Å²) < 4.78 is 10.6. The van der Waals surface area contributed by atoms with Crippen LogP contribution >= 0.6 is 0 Å². The van der Waals surface area contributed by atoms with Gasteiger partial charge in [0.25, 0.3) is 0 Å². The SMILES string of the molecule is CCc1cc(=O)oc2cc(C)cc(O[C@H](C)C(=O)[O-])c12. The first-order valence-electron chi connectivity index (χ1n) is 6.37. The molecule has 0 N–H and O–H groups in total. The number of rotatable bonds is 4. The minimum atomic E-state index is -1.30. The first-order valence-corrected chi connectivity index (χ1v) is 6.37. The van der Waals surface area contributed by atoms with Crippen LogP contribution in [-0.2, 0) is 11.2 Å². The van der Waals surface area contributed by atoms with Crippen LogP contribution in [0.15, 0.2) is 27.4 Å². The van der Waals surface area contributed by atoms with Gasteiger partial charge in [0.05, 0.1) is 11.4 Å². The van der Waals surface area contributed by atoms with Gasteiger partial charge < -0.3 is 19.1 Å². The number of ether oxygens (including phenoxy) is 1. The zero-order valence-corrected chi connectivity index (χ0v) is 11.6. The maximum absolute atomic E-state index is 11.5. The van der Waals surface area contributed by atoms with Gasteiger partial charge in [-0.05, 0) is 43.5 Å². The van der Waals surface area contributed by atoms with Crippen LogP contribution in [0.5, 0.6) is 5.75 Å². The Hall–Kier alpha value is -2.30. The molecule has 1 heterocycles. The lowest BCUT2D eigenvalue weighted by molar-refractivity contribution is -0.312. The topological polar surface area (TPSA) is 79.6 Å². The molecule has 1 atom stereocenters. The van der Waals surface area contributed by atoms with E-state index in [-0.39, 0.29) is 0 Å². The van der Waals surface area contributed by atoms with E-state index in [1.165, 1.54) is 13.0 Å². The highest BCUT2D eigenvalue weighted by Gasteiger charge is 2.14. The Bertz CT molecular complexity index is 714. The van der Waals surface area contributed by atoms with E-state index in [1.54, 1.807) is 12.1 Å². The van der Waals surface area contributed by atoms with Gasteiger partial charge in [-0.15, -0.1) is 0 Å². The minimum Gasteiger partial charge on any atom is -0.546 e. The zero-order chi connectivity index (χ0) is 14.9. The van der Waals surface area contributed by atoms with E-state index in [9.17, 15) is 14.7 Å². The monoisotopic (exact) mass is 275 g/mol. The van der Waals surface area contributed by atoms with Crippen LogP contribution in [0.25, 0.3) is 11.0 Å². The fraction of sp³-hybridized carbons (Fsp3) is 0.333. The molecule has 0 radical (unpaired) electrons. The van der Waals surface area contributed by atoms with Crippen LogP contribution < -0.4 is 15.5 Å². The Morgan fingerprint density at radius 2 is 2.10 bits per heavy atom. The molecule has 0 saturated heterocycles. The van der Waals surface area contributed by atoms with Gasteiger partial charge in [-0.25, -0.2) is 4.79 Å². The van der Waals surface area contributed by atoms with Crippen LogP contribution in [0.1, 0.15) is 25.0 Å². The summed E-state index contributed by atoms with van der Waals surface area (Å²) in [6.45, 7) is 5.11. The highest BCUT2D eigenvalue weighted by Crippen LogP contribution is 2.30. The van der Waals surface area contributed by atoms with E-state index in [4.69, 9.17) is 9.15 Å². The number of aliphatic carboxylic acids is 1. The summed E-state index contributed by atoms with van der Waals surface area (Å²) in [6, 6.07) is 4.85. The van der Waals surface area contributed by atoms with Crippen LogP contribution in [0.3, 0.4) is 0 Å². The average molecular weight is 275 g/mol. The van der Waals surface area contributed by atoms with Gasteiger partial charge in [0.2, 0.25) is 0 Å². The Morgan fingerprint density at radius 3 is 2.70 bits per heavy atom. The number of carbonyl (C=O) groups is 1. The van der Waals surface area contributed by atoms with Crippen molar-refractivity contribution in [2.45, 2.75) is 33.3 Å². The zero-order valence-electron chi connectivity index (χ0n) is 11.6. The van der Waals surface area contributed by atoms with E-state index in [0.717, 1.165) is 11.1 Å². The Balaban J connectivity index is 2.69.